The summed E-state index contributed by atoms with van der Waals surface area (Å²) in [5, 5.41) is 22.4. The predicted octanol–water partition coefficient (Wildman–Crippen LogP) is 7.57. The third kappa shape index (κ3) is 8.87. The van der Waals surface area contributed by atoms with E-state index in [4.69, 9.17) is 10.4 Å². The Bertz CT molecular complexity index is 2030. The first-order valence-corrected chi connectivity index (χ1v) is 19.4. The van der Waals surface area contributed by atoms with Crippen LogP contribution in [0.3, 0.4) is 0 Å². The molecule has 2 aromatic heterocycles. The van der Waals surface area contributed by atoms with Crippen LogP contribution in [0.1, 0.15) is 63.5 Å². The lowest BCUT2D eigenvalue weighted by Crippen LogP contribution is -2.48. The maximum Gasteiger partial charge on any atom is 0.135 e. The molecule has 0 spiro atoms. The maximum absolute atomic E-state index is 7.99. The van der Waals surface area contributed by atoms with Gasteiger partial charge in [-0.2, -0.15) is 0 Å². The standard InChI is InChI=1S/C45H58N8/c1-7-12-38(47-6)17-18-40(8-2)53-32(4)43-20-19-42(27-44(43)33(53)5)52-30-34(31-52)21-24-51(23-11-22-48-9-3)41-14-10-13-35(26-41)37-25-36(28-46)45(49-29-37)50-39-15-16-39/h8-10,12-14,19-20,25-29,34,39-40,46-48H,2-5,7,11,15-18,21-24,30-31H2,1,6H3,(H,49,50)/b38-12-,46-28?. The van der Waals surface area contributed by atoms with Gasteiger partial charge in [-0.15, -0.1) is 6.58 Å². The molecule has 1 aliphatic heterocycles. The van der Waals surface area contributed by atoms with Crippen molar-refractivity contribution in [2.75, 3.05) is 54.9 Å². The second-order valence-corrected chi connectivity index (χ2v) is 14.6. The summed E-state index contributed by atoms with van der Waals surface area (Å²) >= 11 is 0. The zero-order chi connectivity index (χ0) is 37.3. The highest BCUT2D eigenvalue weighted by Crippen LogP contribution is 2.32. The van der Waals surface area contributed by atoms with Crippen LogP contribution in [0, 0.1) is 11.3 Å². The number of benzene rings is 2. The first kappa shape index (κ1) is 37.5. The molecule has 2 fully saturated rings. The van der Waals surface area contributed by atoms with Gasteiger partial charge in [0.15, 0.2) is 0 Å². The van der Waals surface area contributed by atoms with Crippen LogP contribution < -0.4 is 36.4 Å². The van der Waals surface area contributed by atoms with E-state index in [-0.39, 0.29) is 6.04 Å². The van der Waals surface area contributed by atoms with Crippen LogP contribution in [0.2, 0.25) is 0 Å². The van der Waals surface area contributed by atoms with Gasteiger partial charge in [-0.05, 0) is 93.0 Å². The Morgan fingerprint density at radius 3 is 2.57 bits per heavy atom. The molecule has 3 heterocycles. The van der Waals surface area contributed by atoms with E-state index in [9.17, 15) is 0 Å². The normalized spacial score (nSPS) is 15.1. The van der Waals surface area contributed by atoms with Crippen LogP contribution in [0.25, 0.3) is 35.1 Å². The molecule has 8 heteroatoms. The molecule has 6 rings (SSSR count). The molecular weight excluding hydrogens is 653 g/mol. The average molecular weight is 711 g/mol. The predicted molar refractivity (Wildman–Crippen MR) is 228 cm³/mol. The van der Waals surface area contributed by atoms with E-state index in [1.165, 1.54) is 46.9 Å². The number of hydrogen-bond acceptors (Lipinski definition) is 7. The van der Waals surface area contributed by atoms with Gasteiger partial charge in [0.05, 0.1) is 6.04 Å². The topological polar surface area (TPSA) is 84.2 Å². The molecule has 53 heavy (non-hydrogen) atoms. The number of aromatic nitrogens is 2. The summed E-state index contributed by atoms with van der Waals surface area (Å²) in [6, 6.07) is 18.3. The van der Waals surface area contributed by atoms with Crippen molar-refractivity contribution in [2.24, 2.45) is 5.92 Å². The number of allylic oxidation sites excluding steroid dienone is 3. The van der Waals surface area contributed by atoms with Crippen LogP contribution in [-0.2, 0) is 0 Å². The summed E-state index contributed by atoms with van der Waals surface area (Å²) in [5.41, 5.74) is 6.72. The average Bonchev–Trinajstić information content (AvgIpc) is 3.95. The van der Waals surface area contributed by atoms with Gasteiger partial charge in [-0.3, -0.25) is 0 Å². The SMILES string of the molecule is C=CNCCCN(CCC1CN(c2ccc3c(=C)n(C(C=C)CC/C(=C/CC)NC)c(=C)c3c2)C1)c1cccc(-c2cnc(NC3CC3)c(C=N)c2)c1. The van der Waals surface area contributed by atoms with Gasteiger partial charge in [0.25, 0.3) is 0 Å². The second kappa shape index (κ2) is 17.5. The Morgan fingerprint density at radius 2 is 1.85 bits per heavy atom. The van der Waals surface area contributed by atoms with Crippen LogP contribution in [0.5, 0.6) is 0 Å². The zero-order valence-electron chi connectivity index (χ0n) is 31.8. The molecule has 4 aromatic rings. The molecule has 8 nitrogen and oxygen atoms in total. The highest BCUT2D eigenvalue weighted by molar-refractivity contribution is 5.88. The van der Waals surface area contributed by atoms with E-state index in [0.717, 1.165) is 98.0 Å². The number of rotatable bonds is 21. The molecule has 278 valence electrons. The molecule has 1 saturated heterocycles. The number of anilines is 3. The highest BCUT2D eigenvalue weighted by atomic mass is 15.2. The van der Waals surface area contributed by atoms with E-state index in [0.29, 0.717) is 12.0 Å². The van der Waals surface area contributed by atoms with Crippen LogP contribution in [0.4, 0.5) is 17.2 Å². The van der Waals surface area contributed by atoms with Crippen molar-refractivity contribution < 1.29 is 0 Å². The number of nitrogens with zero attached hydrogens (tertiary/aromatic N) is 4. The van der Waals surface area contributed by atoms with Crippen LogP contribution in [-0.4, -0.2) is 61.6 Å². The van der Waals surface area contributed by atoms with E-state index in [1.807, 2.05) is 19.3 Å². The lowest BCUT2D eigenvalue weighted by Gasteiger charge is -2.42. The monoisotopic (exact) mass is 710 g/mol. The summed E-state index contributed by atoms with van der Waals surface area (Å²) in [6.07, 6.45) is 16.8. The fourth-order valence-corrected chi connectivity index (χ4v) is 7.59. The van der Waals surface area contributed by atoms with Gasteiger partial charge in [-0.1, -0.05) is 57.0 Å². The molecule has 2 aliphatic rings. The quantitative estimate of drug-likeness (QED) is 0.0406. The van der Waals surface area contributed by atoms with Crippen molar-refractivity contribution in [1.82, 2.24) is 20.2 Å². The van der Waals surface area contributed by atoms with Gasteiger partial charge in [0, 0.05) is 108 Å². The van der Waals surface area contributed by atoms with E-state index < -0.39 is 0 Å². The van der Waals surface area contributed by atoms with Crippen molar-refractivity contribution >= 4 is 47.3 Å². The Balaban J connectivity index is 1.11. The van der Waals surface area contributed by atoms with Gasteiger partial charge in [-0.25, -0.2) is 4.98 Å². The van der Waals surface area contributed by atoms with Crippen LogP contribution in [0.15, 0.2) is 91.9 Å². The highest BCUT2D eigenvalue weighted by Gasteiger charge is 2.28. The fraction of sp³-hybridized carbons (Fsp3) is 0.378. The molecule has 0 bridgehead atoms. The molecule has 0 radical (unpaired) electrons. The summed E-state index contributed by atoms with van der Waals surface area (Å²) in [6.45, 7) is 24.1. The maximum atomic E-state index is 7.99. The smallest absolute Gasteiger partial charge is 0.135 e. The van der Waals surface area contributed by atoms with Crippen molar-refractivity contribution in [3.63, 3.8) is 0 Å². The third-order valence-corrected chi connectivity index (χ3v) is 10.8. The molecule has 2 aromatic carbocycles. The van der Waals surface area contributed by atoms with Gasteiger partial charge < -0.3 is 35.7 Å². The minimum Gasteiger partial charge on any atom is -0.392 e. The number of hydrogen-bond donors (Lipinski definition) is 4. The minimum atomic E-state index is 0.134. The van der Waals surface area contributed by atoms with E-state index in [2.05, 4.69) is 118 Å². The first-order chi connectivity index (χ1) is 25.9. The summed E-state index contributed by atoms with van der Waals surface area (Å²) in [4.78, 5) is 9.73. The summed E-state index contributed by atoms with van der Waals surface area (Å²) in [5.74, 6) is 1.43. The number of nitrogens with one attached hydrogen (secondary N) is 4. The van der Waals surface area contributed by atoms with Crippen molar-refractivity contribution in [1.29, 1.82) is 5.41 Å². The minimum absolute atomic E-state index is 0.134. The number of fused-ring (bicyclic) bond motifs is 1. The van der Waals surface area contributed by atoms with E-state index in [1.54, 1.807) is 6.20 Å². The Hall–Kier alpha value is -5.24. The molecule has 1 unspecified atom stereocenters. The Morgan fingerprint density at radius 1 is 1.04 bits per heavy atom. The molecule has 1 saturated carbocycles. The van der Waals surface area contributed by atoms with Crippen LogP contribution >= 0.6 is 0 Å². The molecular formula is C45H58N8. The van der Waals surface area contributed by atoms with Gasteiger partial charge in [0.1, 0.15) is 5.82 Å². The second-order valence-electron chi connectivity index (χ2n) is 14.6. The Kier molecular flexibility index (Phi) is 12.4. The lowest BCUT2D eigenvalue weighted by molar-refractivity contribution is 0.384. The van der Waals surface area contributed by atoms with Crippen molar-refractivity contribution in [2.45, 2.75) is 64.0 Å². The number of pyridine rings is 1. The summed E-state index contributed by atoms with van der Waals surface area (Å²) in [7, 11) is 2.00. The Labute approximate surface area is 316 Å². The van der Waals surface area contributed by atoms with Gasteiger partial charge >= 0.3 is 0 Å². The lowest BCUT2D eigenvalue weighted by atomic mass is 9.94. The summed E-state index contributed by atoms with van der Waals surface area (Å²) < 4.78 is 2.28. The third-order valence-electron chi connectivity index (χ3n) is 10.8. The first-order valence-electron chi connectivity index (χ1n) is 19.4. The largest absolute Gasteiger partial charge is 0.392 e. The van der Waals surface area contributed by atoms with Gasteiger partial charge in [0.2, 0.25) is 0 Å². The van der Waals surface area contributed by atoms with Crippen molar-refractivity contribution in [3.8, 4) is 11.1 Å². The molecule has 1 aliphatic carbocycles. The van der Waals surface area contributed by atoms with Crippen molar-refractivity contribution in [3.05, 3.63) is 108 Å². The zero-order valence-corrected chi connectivity index (χ0v) is 31.8. The fourth-order valence-electron chi connectivity index (χ4n) is 7.59. The van der Waals surface area contributed by atoms with E-state index >= 15 is 0 Å². The molecule has 4 N–H and O–H groups in total. The molecule has 0 amide bonds. The molecule has 1 atom stereocenters.